The molecule has 4 nitrogen and oxygen atoms in total. The van der Waals surface area contributed by atoms with Crippen LogP contribution in [0.15, 0.2) is 0 Å². The largest absolute Gasteiger partial charge is 0.350 e. The van der Waals surface area contributed by atoms with Gasteiger partial charge in [0.2, 0.25) is 5.91 Å². The average molecular weight is 280 g/mol. The zero-order valence-corrected chi connectivity index (χ0v) is 11.5. The second-order valence-corrected chi connectivity index (χ2v) is 8.16. The number of hydrogen-bond acceptors (Lipinski definition) is 3. The lowest BCUT2D eigenvalue weighted by molar-refractivity contribution is -0.130. The molecule has 98 valence electrons. The molecule has 0 aromatic heterocycles. The maximum Gasteiger partial charge on any atom is 0.226 e. The van der Waals surface area contributed by atoms with Crippen molar-refractivity contribution < 1.29 is 13.2 Å². The summed E-state index contributed by atoms with van der Waals surface area (Å²) in [6, 6.07) is -0.424. The minimum Gasteiger partial charge on any atom is -0.350 e. The van der Waals surface area contributed by atoms with Crippen molar-refractivity contribution in [2.75, 3.05) is 11.5 Å². The Morgan fingerprint density at radius 3 is 2.35 bits per heavy atom. The fourth-order valence-electron chi connectivity index (χ4n) is 2.66. The third kappa shape index (κ3) is 2.76. The predicted molar refractivity (Wildman–Crippen MR) is 66.8 cm³/mol. The molecule has 0 aromatic carbocycles. The van der Waals surface area contributed by atoms with Crippen molar-refractivity contribution in [2.45, 2.75) is 44.0 Å². The van der Waals surface area contributed by atoms with Gasteiger partial charge in [0.25, 0.3) is 0 Å². The Hall–Kier alpha value is -0.290. The van der Waals surface area contributed by atoms with E-state index in [1.54, 1.807) is 0 Å². The van der Waals surface area contributed by atoms with Gasteiger partial charge in [-0.3, -0.25) is 4.79 Å². The fraction of sp³-hybridized carbons (Fsp3) is 0.909. The first-order valence-electron chi connectivity index (χ1n) is 5.98. The van der Waals surface area contributed by atoms with Gasteiger partial charge in [-0.05, 0) is 12.8 Å². The summed E-state index contributed by atoms with van der Waals surface area (Å²) in [4.78, 5) is 12.1. The van der Waals surface area contributed by atoms with E-state index in [9.17, 15) is 13.2 Å². The highest BCUT2D eigenvalue weighted by Gasteiger charge is 2.42. The lowest BCUT2D eigenvalue weighted by atomic mass is 9.87. The van der Waals surface area contributed by atoms with Crippen molar-refractivity contribution in [2.24, 2.45) is 5.41 Å². The number of halogens is 1. The number of amides is 1. The van der Waals surface area contributed by atoms with Crippen LogP contribution in [0, 0.1) is 5.41 Å². The summed E-state index contributed by atoms with van der Waals surface area (Å²) in [5.41, 5.74) is -0.330. The molecule has 0 spiro atoms. The zero-order chi connectivity index (χ0) is 12.7. The van der Waals surface area contributed by atoms with E-state index in [0.29, 0.717) is 0 Å². The van der Waals surface area contributed by atoms with Gasteiger partial charge >= 0.3 is 0 Å². The monoisotopic (exact) mass is 279 g/mol. The van der Waals surface area contributed by atoms with Crippen LogP contribution < -0.4 is 5.32 Å². The number of rotatable bonds is 2. The summed E-state index contributed by atoms with van der Waals surface area (Å²) in [6.45, 7) is 1.95. The Morgan fingerprint density at radius 2 is 1.88 bits per heavy atom. The Labute approximate surface area is 107 Å². The molecule has 1 saturated carbocycles. The molecule has 17 heavy (non-hydrogen) atoms. The normalized spacial score (nSPS) is 34.7. The van der Waals surface area contributed by atoms with Gasteiger partial charge in [0.05, 0.1) is 22.9 Å². The molecule has 1 aliphatic carbocycles. The lowest BCUT2D eigenvalue weighted by Gasteiger charge is -2.25. The Morgan fingerprint density at radius 1 is 1.29 bits per heavy atom. The third-order valence-electron chi connectivity index (χ3n) is 3.86. The van der Waals surface area contributed by atoms with E-state index in [0.717, 1.165) is 25.7 Å². The molecular formula is C11H18ClNO3S. The predicted octanol–water partition coefficient (Wildman–Crippen LogP) is 1.09. The van der Waals surface area contributed by atoms with E-state index in [-0.39, 0.29) is 22.8 Å². The van der Waals surface area contributed by atoms with Crippen LogP contribution in [0.3, 0.4) is 0 Å². The quantitative estimate of drug-likeness (QED) is 0.770. The first-order chi connectivity index (χ1) is 7.82. The summed E-state index contributed by atoms with van der Waals surface area (Å²) in [7, 11) is -3.08. The molecule has 2 fully saturated rings. The Kier molecular flexibility index (Phi) is 3.42. The van der Waals surface area contributed by atoms with Crippen LogP contribution in [0.5, 0.6) is 0 Å². The van der Waals surface area contributed by atoms with Crippen molar-refractivity contribution >= 4 is 27.3 Å². The van der Waals surface area contributed by atoms with Gasteiger partial charge < -0.3 is 5.32 Å². The Balaban J connectivity index is 2.00. The van der Waals surface area contributed by atoms with E-state index in [1.807, 2.05) is 6.92 Å². The lowest BCUT2D eigenvalue weighted by Crippen LogP contribution is -2.46. The molecule has 1 N–H and O–H groups in total. The van der Waals surface area contributed by atoms with Crippen molar-refractivity contribution in [3.8, 4) is 0 Å². The molecule has 1 heterocycles. The van der Waals surface area contributed by atoms with Gasteiger partial charge in [0.1, 0.15) is 0 Å². The highest BCUT2D eigenvalue weighted by atomic mass is 35.5. The topological polar surface area (TPSA) is 63.2 Å². The van der Waals surface area contributed by atoms with E-state index < -0.39 is 21.3 Å². The van der Waals surface area contributed by atoms with E-state index in [4.69, 9.17) is 11.6 Å². The van der Waals surface area contributed by atoms with E-state index >= 15 is 0 Å². The molecule has 2 rings (SSSR count). The molecule has 2 aliphatic rings. The van der Waals surface area contributed by atoms with Gasteiger partial charge in [-0.15, -0.1) is 11.6 Å². The molecule has 2 atom stereocenters. The number of carbonyl (C=O) groups excluding carboxylic acids is 1. The molecule has 0 bridgehead atoms. The summed E-state index contributed by atoms with van der Waals surface area (Å²) >= 11 is 5.97. The molecule has 2 unspecified atom stereocenters. The number of nitrogens with one attached hydrogen (secondary N) is 1. The number of sulfone groups is 1. The minimum absolute atomic E-state index is 0.0248. The molecule has 0 aromatic rings. The van der Waals surface area contributed by atoms with E-state index in [1.165, 1.54) is 0 Å². The van der Waals surface area contributed by atoms with Gasteiger partial charge in [-0.25, -0.2) is 8.42 Å². The highest BCUT2D eigenvalue weighted by Crippen LogP contribution is 2.38. The highest BCUT2D eigenvalue weighted by molar-refractivity contribution is 7.91. The van der Waals surface area contributed by atoms with Crippen molar-refractivity contribution in [3.63, 3.8) is 0 Å². The van der Waals surface area contributed by atoms with Crippen LogP contribution in [0.2, 0.25) is 0 Å². The summed E-state index contributed by atoms with van der Waals surface area (Å²) in [5, 5.41) is 2.32. The van der Waals surface area contributed by atoms with Crippen LogP contribution in [-0.2, 0) is 14.6 Å². The molecule has 1 saturated heterocycles. The van der Waals surface area contributed by atoms with Gasteiger partial charge in [-0.2, -0.15) is 0 Å². The standard InChI is InChI=1S/C11H18ClNO3S/c1-11(4-2-3-5-11)10(14)13-9-7-17(15,16)6-8(9)12/h8-9H,2-7H2,1H3,(H,13,14). The van der Waals surface area contributed by atoms with Gasteiger partial charge in [0, 0.05) is 5.41 Å². The first-order valence-corrected chi connectivity index (χ1v) is 8.24. The van der Waals surface area contributed by atoms with E-state index in [2.05, 4.69) is 5.32 Å². The number of alkyl halides is 1. The second-order valence-electron chi connectivity index (χ2n) is 5.44. The van der Waals surface area contributed by atoms with Crippen molar-refractivity contribution in [1.82, 2.24) is 5.32 Å². The number of hydrogen-bond donors (Lipinski definition) is 1. The molecular weight excluding hydrogens is 262 g/mol. The summed E-state index contributed by atoms with van der Waals surface area (Å²) in [6.07, 6.45) is 3.89. The second kappa shape index (κ2) is 4.43. The fourth-order valence-corrected chi connectivity index (χ4v) is 5.21. The van der Waals surface area contributed by atoms with Crippen LogP contribution in [0.1, 0.15) is 32.6 Å². The van der Waals surface area contributed by atoms with Crippen molar-refractivity contribution in [3.05, 3.63) is 0 Å². The maximum absolute atomic E-state index is 12.1. The minimum atomic E-state index is -3.08. The van der Waals surface area contributed by atoms with Gasteiger partial charge in [0.15, 0.2) is 9.84 Å². The SMILES string of the molecule is CC1(C(=O)NC2CS(=O)(=O)CC2Cl)CCCC1. The van der Waals surface area contributed by atoms with Crippen LogP contribution in [0.25, 0.3) is 0 Å². The number of carbonyl (C=O) groups is 1. The summed E-state index contributed by atoms with van der Waals surface area (Å²) < 4.78 is 22.8. The molecule has 1 aliphatic heterocycles. The smallest absolute Gasteiger partial charge is 0.226 e. The average Bonchev–Trinajstić information content (AvgIpc) is 2.73. The van der Waals surface area contributed by atoms with Gasteiger partial charge in [-0.1, -0.05) is 19.8 Å². The van der Waals surface area contributed by atoms with Crippen LogP contribution >= 0.6 is 11.6 Å². The van der Waals surface area contributed by atoms with Crippen LogP contribution in [0.4, 0.5) is 0 Å². The maximum atomic E-state index is 12.1. The van der Waals surface area contributed by atoms with Crippen molar-refractivity contribution in [1.29, 1.82) is 0 Å². The zero-order valence-electron chi connectivity index (χ0n) is 9.91. The molecule has 0 radical (unpaired) electrons. The molecule has 6 heteroatoms. The third-order valence-corrected chi connectivity index (χ3v) is 6.23. The molecule has 1 amide bonds. The first kappa shape index (κ1) is 13.1. The van der Waals surface area contributed by atoms with Crippen LogP contribution in [-0.4, -0.2) is 37.2 Å². The Bertz CT molecular complexity index is 414. The summed E-state index contributed by atoms with van der Waals surface area (Å²) in [5.74, 6) is -0.0955.